The molecule has 0 aliphatic heterocycles. The highest BCUT2D eigenvalue weighted by Gasteiger charge is 2.50. The largest absolute Gasteiger partial charge is 0.279 e. The molecular formula is C18H24F4. The number of benzene rings is 1. The lowest BCUT2D eigenvalue weighted by molar-refractivity contribution is -0.0589. The molecule has 1 aromatic carbocycles. The standard InChI is InChI=1S/C18H24F4/c1-4-6-11(2)7-5-8-14-10-13-9-12(3)16(19)17(20)15(13)18(14,21)22/h9,11,14H,4-8,10H2,1-3H3. The molecule has 1 aliphatic rings. The van der Waals surface area contributed by atoms with Crippen LogP contribution in [0.5, 0.6) is 0 Å². The zero-order valence-corrected chi connectivity index (χ0v) is 13.5. The Morgan fingerprint density at radius 2 is 1.91 bits per heavy atom. The van der Waals surface area contributed by atoms with E-state index >= 15 is 0 Å². The zero-order valence-electron chi connectivity index (χ0n) is 13.5. The van der Waals surface area contributed by atoms with Crippen LogP contribution in [-0.2, 0) is 12.3 Å². The summed E-state index contributed by atoms with van der Waals surface area (Å²) in [6, 6.07) is 1.38. The number of alkyl halides is 2. The minimum absolute atomic E-state index is 0.101. The molecule has 0 radical (unpaired) electrons. The highest BCUT2D eigenvalue weighted by Crippen LogP contribution is 2.50. The van der Waals surface area contributed by atoms with E-state index in [9.17, 15) is 17.6 Å². The maximum atomic E-state index is 14.4. The Hall–Kier alpha value is -1.06. The molecule has 22 heavy (non-hydrogen) atoms. The third kappa shape index (κ3) is 3.16. The van der Waals surface area contributed by atoms with Crippen molar-refractivity contribution in [1.29, 1.82) is 0 Å². The first-order valence-corrected chi connectivity index (χ1v) is 8.14. The van der Waals surface area contributed by atoms with Crippen molar-refractivity contribution in [3.63, 3.8) is 0 Å². The molecule has 1 aromatic rings. The molecule has 0 amide bonds. The van der Waals surface area contributed by atoms with Crippen LogP contribution in [0.2, 0.25) is 0 Å². The molecule has 0 saturated heterocycles. The van der Waals surface area contributed by atoms with Crippen LogP contribution in [0, 0.1) is 30.4 Å². The summed E-state index contributed by atoms with van der Waals surface area (Å²) in [4.78, 5) is 0. The summed E-state index contributed by atoms with van der Waals surface area (Å²) in [5, 5.41) is 0. The second-order valence-electron chi connectivity index (χ2n) is 6.70. The smallest absolute Gasteiger partial charge is 0.203 e. The van der Waals surface area contributed by atoms with Gasteiger partial charge in [-0.1, -0.05) is 45.6 Å². The normalized spacial score (nSPS) is 21.0. The Bertz CT molecular complexity index is 536. The number of halogens is 4. The van der Waals surface area contributed by atoms with Crippen molar-refractivity contribution in [2.75, 3.05) is 0 Å². The van der Waals surface area contributed by atoms with Gasteiger partial charge < -0.3 is 0 Å². The van der Waals surface area contributed by atoms with Gasteiger partial charge in [-0.05, 0) is 36.8 Å². The lowest BCUT2D eigenvalue weighted by atomic mass is 9.92. The number of hydrogen-bond donors (Lipinski definition) is 0. The fourth-order valence-electron chi connectivity index (χ4n) is 3.57. The van der Waals surface area contributed by atoms with Gasteiger partial charge in [0, 0.05) is 5.92 Å². The van der Waals surface area contributed by atoms with Gasteiger partial charge in [-0.25, -0.2) is 17.6 Å². The van der Waals surface area contributed by atoms with Crippen molar-refractivity contribution < 1.29 is 17.6 Å². The van der Waals surface area contributed by atoms with Gasteiger partial charge >= 0.3 is 0 Å². The fourth-order valence-corrected chi connectivity index (χ4v) is 3.57. The topological polar surface area (TPSA) is 0 Å². The van der Waals surface area contributed by atoms with Gasteiger partial charge in [0.05, 0.1) is 5.56 Å². The van der Waals surface area contributed by atoms with Gasteiger partial charge in [0.15, 0.2) is 11.6 Å². The van der Waals surface area contributed by atoms with Crippen LogP contribution in [0.1, 0.15) is 62.6 Å². The quantitative estimate of drug-likeness (QED) is 0.553. The van der Waals surface area contributed by atoms with E-state index in [1.54, 1.807) is 0 Å². The minimum atomic E-state index is -3.26. The Kier molecular flexibility index (Phi) is 5.18. The third-order valence-corrected chi connectivity index (χ3v) is 4.81. The van der Waals surface area contributed by atoms with E-state index in [4.69, 9.17) is 0 Å². The lowest BCUT2D eigenvalue weighted by Gasteiger charge is -2.21. The molecule has 0 fully saturated rings. The Morgan fingerprint density at radius 1 is 1.23 bits per heavy atom. The van der Waals surface area contributed by atoms with Crippen molar-refractivity contribution in [3.8, 4) is 0 Å². The first kappa shape index (κ1) is 17.3. The monoisotopic (exact) mass is 316 g/mol. The van der Waals surface area contributed by atoms with Crippen LogP contribution in [0.4, 0.5) is 17.6 Å². The van der Waals surface area contributed by atoms with Gasteiger partial charge in [0.25, 0.3) is 5.92 Å². The number of rotatable bonds is 6. The molecule has 2 unspecified atom stereocenters. The summed E-state index contributed by atoms with van der Waals surface area (Å²) in [5.74, 6) is -6.15. The molecule has 2 atom stereocenters. The number of aryl methyl sites for hydroxylation is 1. The van der Waals surface area contributed by atoms with Crippen LogP contribution in [0.3, 0.4) is 0 Å². The van der Waals surface area contributed by atoms with E-state index < -0.39 is 29.0 Å². The van der Waals surface area contributed by atoms with E-state index in [0.29, 0.717) is 18.8 Å². The molecule has 2 rings (SSSR count). The third-order valence-electron chi connectivity index (χ3n) is 4.81. The minimum Gasteiger partial charge on any atom is -0.203 e. The molecule has 4 heteroatoms. The summed E-state index contributed by atoms with van der Waals surface area (Å²) >= 11 is 0. The maximum Gasteiger partial charge on any atom is 0.279 e. The summed E-state index contributed by atoms with van der Waals surface area (Å²) < 4.78 is 56.4. The summed E-state index contributed by atoms with van der Waals surface area (Å²) in [7, 11) is 0. The number of fused-ring (bicyclic) bond motifs is 1. The first-order valence-electron chi connectivity index (χ1n) is 8.14. The van der Waals surface area contributed by atoms with Crippen molar-refractivity contribution >= 4 is 0 Å². The van der Waals surface area contributed by atoms with Gasteiger partial charge in [0.1, 0.15) is 0 Å². The second-order valence-corrected chi connectivity index (χ2v) is 6.70. The Labute approximate surface area is 129 Å². The molecular weight excluding hydrogens is 292 g/mol. The van der Waals surface area contributed by atoms with Crippen molar-refractivity contribution in [2.24, 2.45) is 11.8 Å². The molecule has 0 nitrogen and oxygen atoms in total. The van der Waals surface area contributed by atoms with E-state index in [1.807, 2.05) is 0 Å². The van der Waals surface area contributed by atoms with Crippen molar-refractivity contribution in [2.45, 2.75) is 65.2 Å². The average molecular weight is 316 g/mol. The first-order chi connectivity index (χ1) is 10.3. The molecule has 0 saturated carbocycles. The van der Waals surface area contributed by atoms with Crippen LogP contribution < -0.4 is 0 Å². The predicted octanol–water partition coefficient (Wildman–Crippen LogP) is 6.14. The molecule has 0 spiro atoms. The number of hydrogen-bond acceptors (Lipinski definition) is 0. The second kappa shape index (κ2) is 6.59. The van der Waals surface area contributed by atoms with Gasteiger partial charge in [0.2, 0.25) is 0 Å². The van der Waals surface area contributed by atoms with E-state index in [-0.39, 0.29) is 17.5 Å². The molecule has 1 aliphatic carbocycles. The summed E-state index contributed by atoms with van der Waals surface area (Å²) in [6.07, 6.45) is 4.31. The average Bonchev–Trinajstić information content (AvgIpc) is 2.67. The van der Waals surface area contributed by atoms with Crippen LogP contribution in [0.15, 0.2) is 6.07 Å². The highest BCUT2D eigenvalue weighted by atomic mass is 19.3. The van der Waals surface area contributed by atoms with E-state index in [2.05, 4.69) is 13.8 Å². The van der Waals surface area contributed by atoms with E-state index in [1.165, 1.54) is 13.0 Å². The van der Waals surface area contributed by atoms with Crippen molar-refractivity contribution in [1.82, 2.24) is 0 Å². The van der Waals surface area contributed by atoms with Crippen LogP contribution in [-0.4, -0.2) is 0 Å². The SMILES string of the molecule is CCCC(C)CCCC1Cc2cc(C)c(F)c(F)c2C1(F)F. The van der Waals surface area contributed by atoms with E-state index in [0.717, 1.165) is 19.3 Å². The van der Waals surface area contributed by atoms with Crippen molar-refractivity contribution in [3.05, 3.63) is 34.4 Å². The van der Waals surface area contributed by atoms with Gasteiger partial charge in [-0.15, -0.1) is 0 Å². The summed E-state index contributed by atoms with van der Waals surface area (Å²) in [6.45, 7) is 5.65. The molecule has 0 N–H and O–H groups in total. The lowest BCUT2D eigenvalue weighted by Crippen LogP contribution is -2.22. The zero-order chi connectivity index (χ0) is 16.5. The van der Waals surface area contributed by atoms with Crippen LogP contribution >= 0.6 is 0 Å². The predicted molar refractivity (Wildman–Crippen MR) is 80.1 cm³/mol. The summed E-state index contributed by atoms with van der Waals surface area (Å²) in [5.41, 5.74) is -0.334. The Balaban J connectivity index is 2.10. The molecule has 124 valence electrons. The Morgan fingerprint density at radius 3 is 2.55 bits per heavy atom. The maximum absolute atomic E-state index is 14.4. The molecule has 0 heterocycles. The highest BCUT2D eigenvalue weighted by molar-refractivity contribution is 5.41. The van der Waals surface area contributed by atoms with Gasteiger partial charge in [-0.3, -0.25) is 0 Å². The molecule has 0 bridgehead atoms. The van der Waals surface area contributed by atoms with Crippen LogP contribution in [0.25, 0.3) is 0 Å². The fraction of sp³-hybridized carbons (Fsp3) is 0.667. The van der Waals surface area contributed by atoms with Gasteiger partial charge in [-0.2, -0.15) is 0 Å². The molecule has 0 aromatic heterocycles.